The maximum absolute atomic E-state index is 13.4. The van der Waals surface area contributed by atoms with Crippen molar-refractivity contribution in [3.8, 4) is 5.75 Å². The van der Waals surface area contributed by atoms with Gasteiger partial charge in [0.1, 0.15) is 5.75 Å². The SMILES string of the molecule is COc1ccccc1N1CC2=C(C1=O)[C@@H](c1cccc([N+](=O)[O-])c1)NC(=O)N2C. The molecule has 2 heterocycles. The second kappa shape index (κ2) is 6.93. The third-order valence-electron chi connectivity index (χ3n) is 5.15. The first kappa shape index (κ1) is 18.5. The van der Waals surface area contributed by atoms with Crippen molar-refractivity contribution in [2.24, 2.45) is 0 Å². The lowest BCUT2D eigenvalue weighted by Crippen LogP contribution is -2.45. The maximum atomic E-state index is 13.4. The predicted molar refractivity (Wildman–Crippen MR) is 105 cm³/mol. The summed E-state index contributed by atoms with van der Waals surface area (Å²) >= 11 is 0. The fourth-order valence-corrected chi connectivity index (χ4v) is 3.68. The van der Waals surface area contributed by atoms with Gasteiger partial charge in [-0.25, -0.2) is 4.79 Å². The molecule has 0 fully saturated rings. The number of non-ortho nitro benzene ring substituents is 1. The quantitative estimate of drug-likeness (QED) is 0.634. The fourth-order valence-electron chi connectivity index (χ4n) is 3.68. The van der Waals surface area contributed by atoms with E-state index in [1.165, 1.54) is 30.2 Å². The van der Waals surface area contributed by atoms with Crippen molar-refractivity contribution in [3.63, 3.8) is 0 Å². The van der Waals surface area contributed by atoms with Gasteiger partial charge >= 0.3 is 6.03 Å². The average Bonchev–Trinajstić information content (AvgIpc) is 3.08. The van der Waals surface area contributed by atoms with E-state index in [-0.39, 0.29) is 24.2 Å². The molecular weight excluding hydrogens is 376 g/mol. The van der Waals surface area contributed by atoms with Crippen LogP contribution in [0.4, 0.5) is 16.2 Å². The van der Waals surface area contributed by atoms with Gasteiger partial charge in [0.05, 0.1) is 41.6 Å². The largest absolute Gasteiger partial charge is 0.495 e. The Balaban J connectivity index is 1.79. The summed E-state index contributed by atoms with van der Waals surface area (Å²) < 4.78 is 5.38. The number of para-hydroxylation sites is 2. The van der Waals surface area contributed by atoms with Crippen LogP contribution in [-0.2, 0) is 4.79 Å². The number of nitrogens with zero attached hydrogens (tertiary/aromatic N) is 3. The van der Waals surface area contributed by atoms with Gasteiger partial charge in [-0.1, -0.05) is 24.3 Å². The monoisotopic (exact) mass is 394 g/mol. The van der Waals surface area contributed by atoms with E-state index in [0.29, 0.717) is 28.3 Å². The van der Waals surface area contributed by atoms with Crippen molar-refractivity contribution < 1.29 is 19.2 Å². The van der Waals surface area contributed by atoms with Crippen LogP contribution < -0.4 is 15.0 Å². The van der Waals surface area contributed by atoms with Crippen molar-refractivity contribution in [1.82, 2.24) is 10.2 Å². The Labute approximate surface area is 166 Å². The zero-order chi connectivity index (χ0) is 20.7. The third-order valence-corrected chi connectivity index (χ3v) is 5.15. The second-order valence-electron chi connectivity index (χ2n) is 6.72. The number of nitro groups is 1. The highest BCUT2D eigenvalue weighted by atomic mass is 16.6. The summed E-state index contributed by atoms with van der Waals surface area (Å²) in [5.41, 5.74) is 1.90. The summed E-state index contributed by atoms with van der Waals surface area (Å²) in [5, 5.41) is 13.9. The molecule has 9 heteroatoms. The molecule has 2 aliphatic heterocycles. The Kier molecular flexibility index (Phi) is 4.42. The van der Waals surface area contributed by atoms with Crippen LogP contribution in [0.15, 0.2) is 59.8 Å². The number of nitrogens with one attached hydrogen (secondary N) is 1. The smallest absolute Gasteiger partial charge is 0.322 e. The van der Waals surface area contributed by atoms with Crippen LogP contribution >= 0.6 is 0 Å². The molecule has 3 amide bonds. The van der Waals surface area contributed by atoms with Gasteiger partial charge in [-0.2, -0.15) is 0 Å². The molecule has 0 saturated carbocycles. The highest BCUT2D eigenvalue weighted by Crippen LogP contribution is 2.40. The summed E-state index contributed by atoms with van der Waals surface area (Å²) in [4.78, 5) is 39.5. The number of urea groups is 1. The number of ether oxygens (including phenoxy) is 1. The first-order valence-corrected chi connectivity index (χ1v) is 8.89. The van der Waals surface area contributed by atoms with Crippen molar-refractivity contribution in [3.05, 3.63) is 75.5 Å². The summed E-state index contributed by atoms with van der Waals surface area (Å²) in [6.45, 7) is 0.198. The number of carbonyl (C=O) groups excluding carboxylic acids is 2. The first-order valence-electron chi connectivity index (χ1n) is 8.89. The lowest BCUT2D eigenvalue weighted by molar-refractivity contribution is -0.384. The number of amides is 3. The van der Waals surface area contributed by atoms with Crippen LogP contribution in [0.2, 0.25) is 0 Å². The molecule has 0 unspecified atom stereocenters. The van der Waals surface area contributed by atoms with Crippen LogP contribution in [-0.4, -0.2) is 42.5 Å². The molecule has 0 aromatic heterocycles. The highest BCUT2D eigenvalue weighted by Gasteiger charge is 2.44. The van der Waals surface area contributed by atoms with Crippen LogP contribution in [0.3, 0.4) is 0 Å². The first-order chi connectivity index (χ1) is 13.9. The van der Waals surface area contributed by atoms with Gasteiger partial charge in [0.25, 0.3) is 11.6 Å². The van der Waals surface area contributed by atoms with Gasteiger partial charge in [-0.05, 0) is 17.7 Å². The number of hydrogen-bond acceptors (Lipinski definition) is 5. The molecule has 4 rings (SSSR count). The molecule has 29 heavy (non-hydrogen) atoms. The number of benzene rings is 2. The van der Waals surface area contributed by atoms with E-state index in [9.17, 15) is 19.7 Å². The molecule has 1 atom stereocenters. The summed E-state index contributed by atoms with van der Waals surface area (Å²) in [6, 6.07) is 11.9. The summed E-state index contributed by atoms with van der Waals surface area (Å²) in [7, 11) is 3.11. The number of carbonyl (C=O) groups is 2. The van der Waals surface area contributed by atoms with Crippen molar-refractivity contribution >= 4 is 23.3 Å². The van der Waals surface area contributed by atoms with Gasteiger partial charge in [0.2, 0.25) is 0 Å². The number of hydrogen-bond donors (Lipinski definition) is 1. The van der Waals surface area contributed by atoms with E-state index in [1.54, 1.807) is 42.3 Å². The predicted octanol–water partition coefficient (Wildman–Crippen LogP) is 2.60. The minimum absolute atomic E-state index is 0.107. The molecule has 148 valence electrons. The average molecular weight is 394 g/mol. The van der Waals surface area contributed by atoms with E-state index in [4.69, 9.17) is 4.74 Å². The molecular formula is C20H18N4O5. The molecule has 2 aliphatic rings. The number of rotatable bonds is 4. The maximum Gasteiger partial charge on any atom is 0.322 e. The van der Waals surface area contributed by atoms with E-state index in [0.717, 1.165) is 0 Å². The van der Waals surface area contributed by atoms with Crippen molar-refractivity contribution in [2.75, 3.05) is 25.6 Å². The third kappa shape index (κ3) is 2.96. The fraction of sp³-hybridized carbons (Fsp3) is 0.200. The van der Waals surface area contributed by atoms with E-state index < -0.39 is 11.0 Å². The Bertz CT molecular complexity index is 1060. The molecule has 0 spiro atoms. The Hall–Kier alpha value is -3.88. The van der Waals surface area contributed by atoms with Crippen molar-refractivity contribution in [2.45, 2.75) is 6.04 Å². The molecule has 1 N–H and O–H groups in total. The second-order valence-corrected chi connectivity index (χ2v) is 6.72. The van der Waals surface area contributed by atoms with Gasteiger partial charge in [0, 0.05) is 19.2 Å². The molecule has 2 aromatic carbocycles. The topological polar surface area (TPSA) is 105 Å². The van der Waals surface area contributed by atoms with Crippen LogP contribution in [0.5, 0.6) is 5.75 Å². The van der Waals surface area contributed by atoms with E-state index >= 15 is 0 Å². The lowest BCUT2D eigenvalue weighted by Gasteiger charge is -2.30. The van der Waals surface area contributed by atoms with Crippen molar-refractivity contribution in [1.29, 1.82) is 0 Å². The van der Waals surface area contributed by atoms with Crippen LogP contribution in [0, 0.1) is 10.1 Å². The summed E-state index contributed by atoms with van der Waals surface area (Å²) in [6.07, 6.45) is 0. The molecule has 0 aliphatic carbocycles. The normalized spacial score (nSPS) is 18.6. The minimum Gasteiger partial charge on any atom is -0.495 e. The number of likely N-dealkylation sites (N-methyl/N-ethyl adjacent to an activating group) is 1. The Morgan fingerprint density at radius 3 is 2.66 bits per heavy atom. The number of nitro benzene ring substituents is 1. The summed E-state index contributed by atoms with van der Waals surface area (Å²) in [5.74, 6) is 0.252. The van der Waals surface area contributed by atoms with E-state index in [1.807, 2.05) is 0 Å². The van der Waals surface area contributed by atoms with E-state index in [2.05, 4.69) is 5.32 Å². The van der Waals surface area contributed by atoms with Crippen LogP contribution in [0.1, 0.15) is 11.6 Å². The zero-order valence-electron chi connectivity index (χ0n) is 15.8. The molecule has 2 aromatic rings. The minimum atomic E-state index is -0.777. The van der Waals surface area contributed by atoms with Gasteiger partial charge in [-0.3, -0.25) is 24.7 Å². The lowest BCUT2D eigenvalue weighted by atomic mass is 9.95. The number of anilines is 1. The van der Waals surface area contributed by atoms with Gasteiger partial charge in [-0.15, -0.1) is 0 Å². The Morgan fingerprint density at radius 2 is 1.93 bits per heavy atom. The zero-order valence-corrected chi connectivity index (χ0v) is 15.8. The molecule has 0 radical (unpaired) electrons. The molecule has 0 bridgehead atoms. The molecule has 0 saturated heterocycles. The standard InChI is InChI=1S/C20H18N4O5/c1-22-15-11-23(14-8-3-4-9-16(14)29-2)19(25)17(15)18(21-20(22)26)12-6-5-7-13(10-12)24(27)28/h3-10,18H,11H2,1-2H3,(H,21,26)/t18-/m1/s1. The highest BCUT2D eigenvalue weighted by molar-refractivity contribution is 6.12. The van der Waals surface area contributed by atoms with Gasteiger partial charge in [0.15, 0.2) is 0 Å². The van der Waals surface area contributed by atoms with Crippen LogP contribution in [0.25, 0.3) is 0 Å². The van der Waals surface area contributed by atoms with Gasteiger partial charge < -0.3 is 10.1 Å². The number of methoxy groups -OCH3 is 1. The Morgan fingerprint density at radius 1 is 1.17 bits per heavy atom. The molecule has 9 nitrogen and oxygen atoms in total.